The van der Waals surface area contributed by atoms with Gasteiger partial charge in [0.1, 0.15) is 0 Å². The highest BCUT2D eigenvalue weighted by molar-refractivity contribution is 5.95. The topological polar surface area (TPSA) is 52.6 Å². The second-order valence-electron chi connectivity index (χ2n) is 5.56. The highest BCUT2D eigenvalue weighted by atomic mass is 19.4. The fourth-order valence-electron chi connectivity index (χ4n) is 1.31. The van der Waals surface area contributed by atoms with E-state index in [1.54, 1.807) is 0 Å². The molecule has 0 aliphatic heterocycles. The zero-order valence-electron chi connectivity index (χ0n) is 14.4. The first-order valence-corrected chi connectivity index (χ1v) is 7.07. The number of halogens is 14. The van der Waals surface area contributed by atoms with Crippen LogP contribution in [0, 0.1) is 0 Å². The lowest BCUT2D eigenvalue weighted by molar-refractivity contribution is -0.359. The average molecular weight is 494 g/mol. The second-order valence-corrected chi connectivity index (χ2v) is 5.56. The highest BCUT2D eigenvalue weighted by Gasteiger charge is 2.74. The van der Waals surface area contributed by atoms with Crippen LogP contribution in [0.25, 0.3) is 0 Å². The number of ether oxygens (including phenoxy) is 2. The van der Waals surface area contributed by atoms with Crippen molar-refractivity contribution in [3.63, 3.8) is 0 Å². The van der Waals surface area contributed by atoms with Crippen molar-refractivity contribution in [2.75, 3.05) is 13.2 Å². The van der Waals surface area contributed by atoms with Crippen LogP contribution in [0.3, 0.4) is 0 Å². The summed E-state index contributed by atoms with van der Waals surface area (Å²) >= 11 is 0. The third-order valence-corrected chi connectivity index (χ3v) is 3.07. The van der Waals surface area contributed by atoms with Crippen LogP contribution in [-0.4, -0.2) is 61.2 Å². The molecule has 0 rings (SSSR count). The maximum atomic E-state index is 12.9. The Morgan fingerprint density at radius 3 is 1.29 bits per heavy atom. The van der Waals surface area contributed by atoms with Crippen molar-refractivity contribution in [3.8, 4) is 0 Å². The van der Waals surface area contributed by atoms with Gasteiger partial charge < -0.3 is 9.47 Å². The Morgan fingerprint density at radius 1 is 0.645 bits per heavy atom. The SMILES string of the molecule is C/C(=C/C(=O)OCC(F)(F)C(F)(F)C(F)(F)F)C(=O)OCC(F)(F)C(F)(F)C(F)(F)F. The molecule has 0 N–H and O–H groups in total. The first kappa shape index (κ1) is 28.7. The van der Waals surface area contributed by atoms with E-state index in [1.807, 2.05) is 0 Å². The van der Waals surface area contributed by atoms with Crippen molar-refractivity contribution in [3.05, 3.63) is 11.6 Å². The van der Waals surface area contributed by atoms with Crippen molar-refractivity contribution in [2.45, 2.75) is 43.0 Å². The minimum absolute atomic E-state index is 0.274. The third-order valence-electron chi connectivity index (χ3n) is 3.07. The van der Waals surface area contributed by atoms with Gasteiger partial charge in [-0.3, -0.25) is 0 Å². The van der Waals surface area contributed by atoms with Crippen LogP contribution in [0.15, 0.2) is 11.6 Å². The summed E-state index contributed by atoms with van der Waals surface area (Å²) in [4.78, 5) is 22.3. The quantitative estimate of drug-likeness (QED) is 0.280. The van der Waals surface area contributed by atoms with Crippen LogP contribution in [0.2, 0.25) is 0 Å². The molecule has 31 heavy (non-hydrogen) atoms. The van der Waals surface area contributed by atoms with E-state index in [9.17, 15) is 71.1 Å². The summed E-state index contributed by atoms with van der Waals surface area (Å²) in [5, 5.41) is 0. The molecule has 0 amide bonds. The van der Waals surface area contributed by atoms with Gasteiger partial charge in [0.05, 0.1) is 0 Å². The summed E-state index contributed by atoms with van der Waals surface area (Å²) in [5.74, 6) is -29.6. The number of carbonyl (C=O) groups excluding carboxylic acids is 2. The van der Waals surface area contributed by atoms with E-state index < -0.39 is 66.8 Å². The van der Waals surface area contributed by atoms with Gasteiger partial charge in [-0.15, -0.1) is 0 Å². The van der Waals surface area contributed by atoms with Crippen LogP contribution in [0.1, 0.15) is 6.92 Å². The molecule has 0 bridgehead atoms. The van der Waals surface area contributed by atoms with Crippen LogP contribution in [-0.2, 0) is 19.1 Å². The smallest absolute Gasteiger partial charge is 0.456 e. The van der Waals surface area contributed by atoms with Gasteiger partial charge in [0.25, 0.3) is 0 Å². The Balaban J connectivity index is 5.10. The molecule has 0 aliphatic carbocycles. The molecule has 0 fully saturated rings. The molecule has 0 saturated heterocycles. The molecule has 4 nitrogen and oxygen atoms in total. The van der Waals surface area contributed by atoms with E-state index in [-0.39, 0.29) is 6.08 Å². The normalized spacial score (nSPS) is 15.0. The van der Waals surface area contributed by atoms with Crippen molar-refractivity contribution >= 4 is 11.9 Å². The van der Waals surface area contributed by atoms with E-state index in [2.05, 4.69) is 9.47 Å². The Bertz CT molecular complexity index is 704. The molecule has 18 heteroatoms. The first-order chi connectivity index (χ1) is 13.4. The summed E-state index contributed by atoms with van der Waals surface area (Å²) in [6, 6.07) is 0. The first-order valence-electron chi connectivity index (χ1n) is 7.07. The van der Waals surface area contributed by atoms with Crippen molar-refractivity contribution in [1.82, 2.24) is 0 Å². The number of carbonyl (C=O) groups is 2. The molecule has 0 aliphatic rings. The number of alkyl halides is 14. The zero-order valence-corrected chi connectivity index (χ0v) is 14.4. The minimum atomic E-state index is -6.75. The maximum Gasteiger partial charge on any atom is 0.460 e. The summed E-state index contributed by atoms with van der Waals surface area (Å²) < 4.78 is 180. The zero-order chi connectivity index (χ0) is 25.3. The molecular weight excluding hydrogens is 486 g/mol. The van der Waals surface area contributed by atoms with Gasteiger partial charge in [0.2, 0.25) is 0 Å². The molecule has 0 aromatic rings. The number of rotatable bonds is 8. The summed E-state index contributed by atoms with van der Waals surface area (Å²) in [7, 11) is 0. The lowest BCUT2D eigenvalue weighted by Crippen LogP contribution is -2.54. The molecule has 0 heterocycles. The number of esters is 2. The molecule has 0 spiro atoms. The average Bonchev–Trinajstić information content (AvgIpc) is 2.55. The lowest BCUT2D eigenvalue weighted by atomic mass is 10.1. The summed E-state index contributed by atoms with van der Waals surface area (Å²) in [5.41, 5.74) is -1.26. The number of hydrogen-bond acceptors (Lipinski definition) is 4. The maximum absolute atomic E-state index is 12.9. The van der Waals surface area contributed by atoms with Crippen LogP contribution >= 0.6 is 0 Å². The molecule has 0 radical (unpaired) electrons. The van der Waals surface area contributed by atoms with E-state index in [4.69, 9.17) is 0 Å². The van der Waals surface area contributed by atoms with Crippen molar-refractivity contribution < 1.29 is 80.5 Å². The summed E-state index contributed by atoms with van der Waals surface area (Å²) in [6.07, 6.45) is -13.8. The van der Waals surface area contributed by atoms with Gasteiger partial charge >= 0.3 is 48.0 Å². The van der Waals surface area contributed by atoms with E-state index >= 15 is 0 Å². The Labute approximate surface area is 161 Å². The molecule has 0 aromatic carbocycles. The highest BCUT2D eigenvalue weighted by Crippen LogP contribution is 2.47. The fraction of sp³-hybridized carbons (Fsp3) is 0.692. The van der Waals surface area contributed by atoms with Crippen molar-refractivity contribution in [2.24, 2.45) is 0 Å². The Morgan fingerprint density at radius 2 is 0.968 bits per heavy atom. The van der Waals surface area contributed by atoms with E-state index in [0.29, 0.717) is 6.92 Å². The van der Waals surface area contributed by atoms with Gasteiger partial charge in [-0.05, 0) is 6.92 Å². The van der Waals surface area contributed by atoms with Gasteiger partial charge in [0.15, 0.2) is 13.2 Å². The van der Waals surface area contributed by atoms with E-state index in [1.165, 1.54) is 0 Å². The third kappa shape index (κ3) is 6.34. The van der Waals surface area contributed by atoms with Crippen LogP contribution < -0.4 is 0 Å². The molecule has 0 aromatic heterocycles. The number of hydrogen-bond donors (Lipinski definition) is 0. The second kappa shape index (κ2) is 8.68. The molecular formula is C13H8F14O4. The van der Waals surface area contributed by atoms with Gasteiger partial charge in [-0.1, -0.05) is 0 Å². The lowest BCUT2D eigenvalue weighted by Gasteiger charge is -2.27. The van der Waals surface area contributed by atoms with E-state index in [0.717, 1.165) is 0 Å². The fourth-order valence-corrected chi connectivity index (χ4v) is 1.31. The minimum Gasteiger partial charge on any atom is -0.456 e. The van der Waals surface area contributed by atoms with Gasteiger partial charge in [-0.25, -0.2) is 9.59 Å². The van der Waals surface area contributed by atoms with Crippen molar-refractivity contribution in [1.29, 1.82) is 0 Å². The van der Waals surface area contributed by atoms with Gasteiger partial charge in [-0.2, -0.15) is 61.5 Å². The molecule has 0 unspecified atom stereocenters. The Hall–Kier alpha value is -2.30. The monoisotopic (exact) mass is 494 g/mol. The van der Waals surface area contributed by atoms with Crippen LogP contribution in [0.4, 0.5) is 61.5 Å². The Kier molecular flexibility index (Phi) is 8.03. The summed E-state index contributed by atoms with van der Waals surface area (Å²) in [6.45, 7) is -5.31. The molecule has 0 saturated carbocycles. The molecule has 0 atom stereocenters. The standard InChI is InChI=1S/C13H8F14O4/c1-5(7(29)31-4-9(16,17)11(20,21)13(25,26)27)2-6(28)30-3-8(14,15)10(18,19)12(22,23)24/h2H,3-4H2,1H3/b5-2-. The van der Waals surface area contributed by atoms with Gasteiger partial charge in [0, 0.05) is 11.6 Å². The van der Waals surface area contributed by atoms with Crippen LogP contribution in [0.5, 0.6) is 0 Å². The predicted octanol–water partition coefficient (Wildman–Crippen LogP) is 4.68. The predicted molar refractivity (Wildman–Crippen MR) is 67.6 cm³/mol. The largest absolute Gasteiger partial charge is 0.460 e. The molecule has 182 valence electrons.